The minimum absolute atomic E-state index is 0.0203. The quantitative estimate of drug-likeness (QED) is 0.789. The largest absolute Gasteiger partial charge is 0.391 e. The second-order valence-electron chi connectivity index (χ2n) is 4.43. The molecule has 2 heterocycles. The number of methoxy groups -OCH3 is 1. The van der Waals surface area contributed by atoms with Crippen molar-refractivity contribution >= 4 is 23.2 Å². The van der Waals surface area contributed by atoms with Crippen molar-refractivity contribution in [3.8, 4) is 0 Å². The molecule has 0 radical (unpaired) electrons. The molecule has 118 valence electrons. The van der Waals surface area contributed by atoms with Gasteiger partial charge in [-0.2, -0.15) is 4.98 Å². The van der Waals surface area contributed by atoms with Crippen LogP contribution >= 0.6 is 23.2 Å². The number of rotatable bonds is 7. The lowest BCUT2D eigenvalue weighted by atomic mass is 10.2. The Bertz CT molecular complexity index is 610. The van der Waals surface area contributed by atoms with E-state index in [4.69, 9.17) is 27.9 Å². The predicted octanol–water partition coefficient (Wildman–Crippen LogP) is 0.894. The lowest BCUT2D eigenvalue weighted by Gasteiger charge is -2.08. The summed E-state index contributed by atoms with van der Waals surface area (Å²) in [7, 11) is 1.54. The molecule has 8 nitrogen and oxygen atoms in total. The monoisotopic (exact) mass is 344 g/mol. The van der Waals surface area contributed by atoms with Gasteiger partial charge in [-0.15, -0.1) is 0 Å². The molecule has 0 aliphatic rings. The van der Waals surface area contributed by atoms with Crippen LogP contribution in [0.4, 0.5) is 0 Å². The predicted molar refractivity (Wildman–Crippen MR) is 78.7 cm³/mol. The van der Waals surface area contributed by atoms with Gasteiger partial charge < -0.3 is 9.84 Å². The summed E-state index contributed by atoms with van der Waals surface area (Å²) in [6.45, 7) is 0.278. The van der Waals surface area contributed by atoms with Crippen molar-refractivity contribution in [2.45, 2.75) is 25.4 Å². The molecule has 0 spiro atoms. The third-order valence-electron chi connectivity index (χ3n) is 2.68. The lowest BCUT2D eigenvalue weighted by Crippen LogP contribution is -2.16. The SMILES string of the molecule is COCC(O)CCc1ncnc(Cc2nc(Cl)nc(Cl)n2)n1. The van der Waals surface area contributed by atoms with Crippen LogP contribution in [0.15, 0.2) is 6.33 Å². The second kappa shape index (κ2) is 8.23. The fourth-order valence-electron chi connectivity index (χ4n) is 1.73. The van der Waals surface area contributed by atoms with E-state index in [1.54, 1.807) is 0 Å². The number of hydrogen-bond acceptors (Lipinski definition) is 8. The third-order valence-corrected chi connectivity index (χ3v) is 3.01. The van der Waals surface area contributed by atoms with Gasteiger partial charge in [0.25, 0.3) is 0 Å². The van der Waals surface area contributed by atoms with Crippen molar-refractivity contribution < 1.29 is 9.84 Å². The van der Waals surface area contributed by atoms with E-state index in [2.05, 4.69) is 29.9 Å². The highest BCUT2D eigenvalue weighted by Gasteiger charge is 2.09. The molecule has 0 saturated heterocycles. The number of aliphatic hydroxyl groups is 1. The van der Waals surface area contributed by atoms with Crippen LogP contribution in [0.1, 0.15) is 23.9 Å². The summed E-state index contributed by atoms with van der Waals surface area (Å²) in [4.78, 5) is 24.0. The summed E-state index contributed by atoms with van der Waals surface area (Å²) in [5.41, 5.74) is 0. The summed E-state index contributed by atoms with van der Waals surface area (Å²) in [5, 5.41) is 9.66. The van der Waals surface area contributed by atoms with Crippen LogP contribution in [0.2, 0.25) is 10.6 Å². The average molecular weight is 345 g/mol. The zero-order chi connectivity index (χ0) is 15.9. The van der Waals surface area contributed by atoms with Crippen LogP contribution in [0.25, 0.3) is 0 Å². The van der Waals surface area contributed by atoms with Crippen LogP contribution in [0.3, 0.4) is 0 Å². The number of hydrogen-bond donors (Lipinski definition) is 1. The van der Waals surface area contributed by atoms with E-state index in [1.807, 2.05) is 0 Å². The molecule has 1 unspecified atom stereocenters. The van der Waals surface area contributed by atoms with Crippen molar-refractivity contribution in [1.29, 1.82) is 0 Å². The van der Waals surface area contributed by atoms with Crippen molar-refractivity contribution in [1.82, 2.24) is 29.9 Å². The first-order valence-electron chi connectivity index (χ1n) is 6.46. The normalized spacial score (nSPS) is 12.4. The smallest absolute Gasteiger partial charge is 0.226 e. The number of aliphatic hydroxyl groups excluding tert-OH is 1. The molecule has 0 aromatic carbocycles. The van der Waals surface area contributed by atoms with E-state index < -0.39 is 6.10 Å². The van der Waals surface area contributed by atoms with Crippen LogP contribution in [0, 0.1) is 0 Å². The van der Waals surface area contributed by atoms with Gasteiger partial charge in [0.15, 0.2) is 0 Å². The van der Waals surface area contributed by atoms with E-state index in [1.165, 1.54) is 13.4 Å². The summed E-state index contributed by atoms with van der Waals surface area (Å²) < 4.78 is 4.87. The minimum Gasteiger partial charge on any atom is -0.391 e. The highest BCUT2D eigenvalue weighted by molar-refractivity contribution is 6.30. The Morgan fingerprint density at radius 3 is 2.41 bits per heavy atom. The third kappa shape index (κ3) is 5.38. The number of aryl methyl sites for hydroxylation is 1. The van der Waals surface area contributed by atoms with Gasteiger partial charge in [0.05, 0.1) is 19.1 Å². The summed E-state index contributed by atoms with van der Waals surface area (Å²) in [6, 6.07) is 0. The van der Waals surface area contributed by atoms with Crippen molar-refractivity contribution in [3.63, 3.8) is 0 Å². The standard InChI is InChI=1S/C12H14Cl2N6O2/c1-22-5-7(21)2-3-8-15-6-16-9(17-8)4-10-18-11(13)20-12(14)19-10/h6-7,21H,2-5H2,1H3. The second-order valence-corrected chi connectivity index (χ2v) is 5.11. The van der Waals surface area contributed by atoms with Gasteiger partial charge in [-0.1, -0.05) is 0 Å². The fraction of sp³-hybridized carbons (Fsp3) is 0.500. The maximum atomic E-state index is 9.62. The first-order chi connectivity index (χ1) is 10.6. The molecule has 0 amide bonds. The molecule has 0 bridgehead atoms. The van der Waals surface area contributed by atoms with Crippen molar-refractivity contribution in [2.24, 2.45) is 0 Å². The Labute approximate surface area is 137 Å². The van der Waals surface area contributed by atoms with E-state index >= 15 is 0 Å². The molecule has 2 rings (SSSR count). The molecule has 0 fully saturated rings. The Hall–Kier alpha value is -1.48. The van der Waals surface area contributed by atoms with Gasteiger partial charge in [-0.3, -0.25) is 0 Å². The number of halogens is 2. The Kier molecular flexibility index (Phi) is 6.32. The number of ether oxygens (including phenoxy) is 1. The molecule has 0 aliphatic carbocycles. The van der Waals surface area contributed by atoms with Crippen LogP contribution < -0.4 is 0 Å². The van der Waals surface area contributed by atoms with Crippen LogP contribution in [-0.2, 0) is 17.6 Å². The molecule has 10 heteroatoms. The van der Waals surface area contributed by atoms with E-state index in [9.17, 15) is 5.11 Å². The maximum Gasteiger partial charge on any atom is 0.226 e. The van der Waals surface area contributed by atoms with Gasteiger partial charge >= 0.3 is 0 Å². The van der Waals surface area contributed by atoms with E-state index in [0.29, 0.717) is 30.3 Å². The summed E-state index contributed by atoms with van der Waals surface area (Å²) in [6.07, 6.45) is 2.13. The van der Waals surface area contributed by atoms with Gasteiger partial charge in [0.1, 0.15) is 23.8 Å². The molecule has 0 saturated carbocycles. The fourth-order valence-corrected chi connectivity index (χ4v) is 2.13. The van der Waals surface area contributed by atoms with E-state index in [0.717, 1.165) is 0 Å². The molecular formula is C12H14Cl2N6O2. The van der Waals surface area contributed by atoms with Crippen LogP contribution in [0.5, 0.6) is 0 Å². The highest BCUT2D eigenvalue weighted by atomic mass is 35.5. The molecule has 2 aromatic rings. The Balaban J connectivity index is 2.01. The Morgan fingerprint density at radius 1 is 1.05 bits per heavy atom. The highest BCUT2D eigenvalue weighted by Crippen LogP contribution is 2.09. The van der Waals surface area contributed by atoms with Gasteiger partial charge in [0, 0.05) is 13.5 Å². The molecular weight excluding hydrogens is 331 g/mol. The number of nitrogens with zero attached hydrogens (tertiary/aromatic N) is 6. The summed E-state index contributed by atoms with van der Waals surface area (Å²) in [5.74, 6) is 1.44. The maximum absolute atomic E-state index is 9.62. The zero-order valence-corrected chi connectivity index (χ0v) is 13.3. The van der Waals surface area contributed by atoms with Crippen molar-refractivity contribution in [3.05, 3.63) is 34.4 Å². The molecule has 22 heavy (non-hydrogen) atoms. The Morgan fingerprint density at radius 2 is 1.73 bits per heavy atom. The molecule has 1 atom stereocenters. The first kappa shape index (κ1) is 16.9. The average Bonchev–Trinajstić information content (AvgIpc) is 2.45. The van der Waals surface area contributed by atoms with Gasteiger partial charge in [-0.25, -0.2) is 24.9 Å². The van der Waals surface area contributed by atoms with Crippen LogP contribution in [-0.4, -0.2) is 54.8 Å². The topological polar surface area (TPSA) is 107 Å². The number of aromatic nitrogens is 6. The first-order valence-corrected chi connectivity index (χ1v) is 7.22. The zero-order valence-electron chi connectivity index (χ0n) is 11.8. The van der Waals surface area contributed by atoms with E-state index in [-0.39, 0.29) is 23.6 Å². The van der Waals surface area contributed by atoms with Gasteiger partial charge in [0.2, 0.25) is 10.6 Å². The minimum atomic E-state index is -0.550. The molecule has 0 aliphatic heterocycles. The van der Waals surface area contributed by atoms with Crippen molar-refractivity contribution in [2.75, 3.05) is 13.7 Å². The molecule has 2 aromatic heterocycles. The van der Waals surface area contributed by atoms with Gasteiger partial charge in [-0.05, 0) is 29.6 Å². The molecule has 1 N–H and O–H groups in total. The summed E-state index contributed by atoms with van der Waals surface area (Å²) >= 11 is 11.4. The lowest BCUT2D eigenvalue weighted by molar-refractivity contribution is 0.0592.